The van der Waals surface area contributed by atoms with E-state index in [-0.39, 0.29) is 24.8 Å². The Hall–Kier alpha value is -2.99. The van der Waals surface area contributed by atoms with Crippen molar-refractivity contribution in [3.05, 3.63) is 71.2 Å². The first-order valence-corrected chi connectivity index (χ1v) is 9.73. The molecule has 27 heavy (non-hydrogen) atoms. The molecule has 2 aromatic carbocycles. The van der Waals surface area contributed by atoms with Crippen LogP contribution in [0.3, 0.4) is 0 Å². The van der Waals surface area contributed by atoms with Gasteiger partial charge in [0.1, 0.15) is 5.01 Å². The van der Waals surface area contributed by atoms with Crippen molar-refractivity contribution < 1.29 is 9.59 Å². The number of aromatic nitrogens is 1. The average Bonchev–Trinajstić information content (AvgIpc) is 3.34. The minimum atomic E-state index is -0.194. The molecule has 5 nitrogen and oxygen atoms in total. The van der Waals surface area contributed by atoms with Gasteiger partial charge in [0.2, 0.25) is 11.8 Å². The molecule has 0 saturated heterocycles. The number of fused-ring (bicyclic) bond motifs is 1. The molecule has 6 heteroatoms. The molecule has 1 aliphatic rings. The van der Waals surface area contributed by atoms with Crippen molar-refractivity contribution in [2.45, 2.75) is 12.8 Å². The molecule has 0 aliphatic carbocycles. The molecule has 0 saturated carbocycles. The van der Waals surface area contributed by atoms with Gasteiger partial charge in [-0.25, -0.2) is 4.98 Å². The summed E-state index contributed by atoms with van der Waals surface area (Å²) in [7, 11) is 0. The van der Waals surface area contributed by atoms with Crippen LogP contribution in [0.4, 0.5) is 5.69 Å². The highest BCUT2D eigenvalue weighted by Gasteiger charge is 2.24. The van der Waals surface area contributed by atoms with Gasteiger partial charge in [-0.1, -0.05) is 48.5 Å². The first-order valence-electron chi connectivity index (χ1n) is 8.85. The quantitative estimate of drug-likeness (QED) is 0.743. The number of para-hydroxylation sites is 1. The summed E-state index contributed by atoms with van der Waals surface area (Å²) >= 11 is 1.52. The van der Waals surface area contributed by atoms with E-state index in [1.54, 1.807) is 4.90 Å². The van der Waals surface area contributed by atoms with Gasteiger partial charge in [-0.2, -0.15) is 0 Å². The van der Waals surface area contributed by atoms with Crippen LogP contribution in [0.25, 0.3) is 10.6 Å². The molecule has 0 radical (unpaired) electrons. The maximum atomic E-state index is 12.5. The van der Waals surface area contributed by atoms with Gasteiger partial charge in [0.15, 0.2) is 0 Å². The Morgan fingerprint density at radius 1 is 1.07 bits per heavy atom. The van der Waals surface area contributed by atoms with Crippen molar-refractivity contribution in [1.82, 2.24) is 10.3 Å². The van der Waals surface area contributed by atoms with Gasteiger partial charge in [0.05, 0.1) is 18.7 Å². The van der Waals surface area contributed by atoms with Crippen LogP contribution >= 0.6 is 11.3 Å². The molecule has 0 atom stereocenters. The topological polar surface area (TPSA) is 62.3 Å². The molecular formula is C21H19N3O2S. The Balaban J connectivity index is 1.32. The Morgan fingerprint density at radius 2 is 1.85 bits per heavy atom. The summed E-state index contributed by atoms with van der Waals surface area (Å²) in [5, 5.41) is 5.50. The van der Waals surface area contributed by atoms with E-state index in [1.807, 2.05) is 60.0 Å². The van der Waals surface area contributed by atoms with E-state index in [1.165, 1.54) is 16.9 Å². The van der Waals surface area contributed by atoms with E-state index in [2.05, 4.69) is 10.3 Å². The molecule has 0 unspecified atom stereocenters. The molecule has 1 aliphatic heterocycles. The Labute approximate surface area is 161 Å². The predicted octanol–water partition coefficient (Wildman–Crippen LogP) is 3.06. The van der Waals surface area contributed by atoms with Crippen molar-refractivity contribution in [1.29, 1.82) is 0 Å². The normalized spacial score (nSPS) is 12.7. The van der Waals surface area contributed by atoms with Crippen LogP contribution in [0.1, 0.15) is 11.3 Å². The lowest BCUT2D eigenvalue weighted by atomic mass is 10.2. The van der Waals surface area contributed by atoms with Gasteiger partial charge < -0.3 is 10.2 Å². The number of carbonyl (C=O) groups is 2. The molecule has 0 spiro atoms. The summed E-state index contributed by atoms with van der Waals surface area (Å²) in [5.41, 5.74) is 3.88. The van der Waals surface area contributed by atoms with Gasteiger partial charge in [0, 0.05) is 23.2 Å². The number of anilines is 1. The summed E-state index contributed by atoms with van der Waals surface area (Å²) in [6, 6.07) is 17.8. The number of carbonyl (C=O) groups excluding carboxylic acids is 2. The third kappa shape index (κ3) is 3.90. The monoisotopic (exact) mass is 377 g/mol. The Morgan fingerprint density at radius 3 is 2.70 bits per heavy atom. The van der Waals surface area contributed by atoms with Crippen molar-refractivity contribution in [2.24, 2.45) is 0 Å². The van der Waals surface area contributed by atoms with Gasteiger partial charge >= 0.3 is 0 Å². The minimum absolute atomic E-state index is 0.00282. The average molecular weight is 377 g/mol. The fourth-order valence-electron chi connectivity index (χ4n) is 3.20. The first kappa shape index (κ1) is 17.4. The summed E-state index contributed by atoms with van der Waals surface area (Å²) in [6.45, 7) is 0.670. The van der Waals surface area contributed by atoms with Gasteiger partial charge in [-0.05, 0) is 18.1 Å². The second-order valence-corrected chi connectivity index (χ2v) is 7.25. The zero-order chi connectivity index (χ0) is 18.6. The molecule has 0 bridgehead atoms. The summed E-state index contributed by atoms with van der Waals surface area (Å²) in [6.07, 6.45) is 1.03. The van der Waals surface area contributed by atoms with E-state index in [9.17, 15) is 9.59 Å². The molecule has 1 N–H and O–H groups in total. The second-order valence-electron chi connectivity index (χ2n) is 6.39. The molecule has 4 rings (SSSR count). The molecule has 1 aromatic heterocycles. The third-order valence-corrected chi connectivity index (χ3v) is 5.48. The fraction of sp³-hybridized carbons (Fsp3) is 0.190. The number of nitrogens with one attached hydrogen (secondary N) is 1. The van der Waals surface area contributed by atoms with E-state index in [0.29, 0.717) is 6.54 Å². The van der Waals surface area contributed by atoms with Gasteiger partial charge in [-0.3, -0.25) is 9.59 Å². The molecule has 136 valence electrons. The van der Waals surface area contributed by atoms with Crippen LogP contribution in [0.15, 0.2) is 60.0 Å². The Bertz CT molecular complexity index is 968. The lowest BCUT2D eigenvalue weighted by molar-refractivity contribution is -0.124. The van der Waals surface area contributed by atoms with E-state index >= 15 is 0 Å². The van der Waals surface area contributed by atoms with Crippen LogP contribution < -0.4 is 10.2 Å². The SMILES string of the molecule is O=C(Cc1csc(-c2ccccc2)n1)NCC(=O)N1CCc2ccccc21. The molecule has 2 heterocycles. The zero-order valence-corrected chi connectivity index (χ0v) is 15.5. The number of rotatable bonds is 5. The van der Waals surface area contributed by atoms with Crippen LogP contribution in [-0.2, 0) is 22.4 Å². The van der Waals surface area contributed by atoms with E-state index < -0.39 is 0 Å². The highest BCUT2D eigenvalue weighted by atomic mass is 32.1. The highest BCUT2D eigenvalue weighted by Crippen LogP contribution is 2.27. The van der Waals surface area contributed by atoms with Gasteiger partial charge in [-0.15, -0.1) is 11.3 Å². The molecule has 3 aromatic rings. The number of hydrogen-bond donors (Lipinski definition) is 1. The largest absolute Gasteiger partial charge is 0.347 e. The number of benzene rings is 2. The van der Waals surface area contributed by atoms with E-state index in [0.717, 1.165) is 28.4 Å². The number of nitrogens with zero attached hydrogens (tertiary/aromatic N) is 2. The Kier molecular flexibility index (Phi) is 4.98. The van der Waals surface area contributed by atoms with Crippen LogP contribution in [0.5, 0.6) is 0 Å². The van der Waals surface area contributed by atoms with Crippen molar-refractivity contribution in [3.8, 4) is 10.6 Å². The molecule has 0 fully saturated rings. The van der Waals surface area contributed by atoms with Crippen LogP contribution in [0, 0.1) is 0 Å². The van der Waals surface area contributed by atoms with Crippen LogP contribution in [-0.4, -0.2) is 29.9 Å². The van der Waals surface area contributed by atoms with Crippen molar-refractivity contribution in [2.75, 3.05) is 18.0 Å². The molecular weight excluding hydrogens is 358 g/mol. The first-order chi connectivity index (χ1) is 13.2. The number of amides is 2. The number of thiazole rings is 1. The maximum Gasteiger partial charge on any atom is 0.246 e. The van der Waals surface area contributed by atoms with Gasteiger partial charge in [0.25, 0.3) is 0 Å². The van der Waals surface area contributed by atoms with Crippen molar-refractivity contribution in [3.63, 3.8) is 0 Å². The van der Waals surface area contributed by atoms with Crippen molar-refractivity contribution >= 4 is 28.8 Å². The second kappa shape index (κ2) is 7.72. The summed E-state index contributed by atoms with van der Waals surface area (Å²) < 4.78 is 0. The summed E-state index contributed by atoms with van der Waals surface area (Å²) in [4.78, 5) is 30.9. The molecule has 2 amide bonds. The van der Waals surface area contributed by atoms with Crippen LogP contribution in [0.2, 0.25) is 0 Å². The predicted molar refractivity (Wildman–Crippen MR) is 107 cm³/mol. The fourth-order valence-corrected chi connectivity index (χ4v) is 4.02. The number of hydrogen-bond acceptors (Lipinski definition) is 4. The third-order valence-electron chi connectivity index (χ3n) is 4.54. The standard InChI is InChI=1S/C21H19N3O2S/c25-19(12-17-14-27-21(23-17)16-7-2-1-3-8-16)22-13-20(26)24-11-10-15-6-4-5-9-18(15)24/h1-9,14H,10-13H2,(H,22,25). The minimum Gasteiger partial charge on any atom is -0.347 e. The zero-order valence-electron chi connectivity index (χ0n) is 14.7. The lowest BCUT2D eigenvalue weighted by Gasteiger charge is -2.17. The smallest absolute Gasteiger partial charge is 0.246 e. The van der Waals surface area contributed by atoms with E-state index in [4.69, 9.17) is 0 Å². The lowest BCUT2D eigenvalue weighted by Crippen LogP contribution is -2.39. The summed E-state index contributed by atoms with van der Waals surface area (Å²) in [5.74, 6) is -0.280. The maximum absolute atomic E-state index is 12.5. The highest BCUT2D eigenvalue weighted by molar-refractivity contribution is 7.13.